The van der Waals surface area contributed by atoms with E-state index < -0.39 is 0 Å². The van der Waals surface area contributed by atoms with E-state index in [1.165, 1.54) is 0 Å². The minimum atomic E-state index is -0.0594. The van der Waals surface area contributed by atoms with Crippen LogP contribution in [-0.4, -0.2) is 32.9 Å². The Balaban J connectivity index is 1.22. The molecule has 4 aromatic rings. The Bertz CT molecular complexity index is 1280. The second-order valence-electron chi connectivity index (χ2n) is 8.43. The number of aromatic amines is 1. The zero-order chi connectivity index (χ0) is 22.8. The number of nitrogens with one attached hydrogen (secondary N) is 3. The van der Waals surface area contributed by atoms with Crippen LogP contribution in [0.1, 0.15) is 36.0 Å². The van der Waals surface area contributed by atoms with E-state index in [9.17, 15) is 4.79 Å². The maximum absolute atomic E-state index is 12.5. The van der Waals surface area contributed by atoms with Crippen LogP contribution in [0.5, 0.6) is 0 Å². The van der Waals surface area contributed by atoms with Gasteiger partial charge in [0.15, 0.2) is 0 Å². The lowest BCUT2D eigenvalue weighted by molar-refractivity contribution is 0.0926. The average molecular weight is 461 g/mol. The van der Waals surface area contributed by atoms with Crippen molar-refractivity contribution >= 4 is 40.0 Å². The third-order valence-electron chi connectivity index (χ3n) is 6.16. The molecule has 0 radical (unpaired) electrons. The number of amides is 1. The number of carbonyl (C=O) groups is 1. The molecule has 0 atom stereocenters. The first-order valence-corrected chi connectivity index (χ1v) is 11.5. The van der Waals surface area contributed by atoms with Gasteiger partial charge in [-0.1, -0.05) is 29.8 Å². The van der Waals surface area contributed by atoms with Gasteiger partial charge in [-0.15, -0.1) is 0 Å². The molecule has 5 rings (SSSR count). The summed E-state index contributed by atoms with van der Waals surface area (Å²) in [6, 6.07) is 15.4. The molecule has 7 nitrogen and oxygen atoms in total. The fraction of sp³-hybridized carbons (Fsp3) is 0.240. The van der Waals surface area contributed by atoms with Crippen molar-refractivity contribution in [1.82, 2.24) is 20.3 Å². The molecule has 1 aliphatic rings. The number of benzene rings is 2. The van der Waals surface area contributed by atoms with Crippen LogP contribution in [0.4, 0.5) is 11.6 Å². The number of carbonyl (C=O) groups excluding carboxylic acids is 1. The lowest BCUT2D eigenvalue weighted by Gasteiger charge is -2.29. The van der Waals surface area contributed by atoms with Crippen LogP contribution in [0.3, 0.4) is 0 Å². The molecule has 0 saturated heterocycles. The largest absolute Gasteiger partial charge is 0.399 e. The van der Waals surface area contributed by atoms with Crippen LogP contribution < -0.4 is 16.4 Å². The van der Waals surface area contributed by atoms with Crippen LogP contribution >= 0.6 is 11.6 Å². The molecule has 0 bridgehead atoms. The molecule has 5 N–H and O–H groups in total. The second-order valence-corrected chi connectivity index (χ2v) is 8.83. The Morgan fingerprint density at radius 1 is 1.03 bits per heavy atom. The van der Waals surface area contributed by atoms with Crippen molar-refractivity contribution in [2.24, 2.45) is 0 Å². The molecule has 1 amide bonds. The molecule has 1 aliphatic carbocycles. The van der Waals surface area contributed by atoms with Crippen molar-refractivity contribution in [3.05, 3.63) is 71.5 Å². The highest BCUT2D eigenvalue weighted by atomic mass is 35.5. The molecular formula is C25H25ClN6O. The standard InChI is InChI=1S/C25H25ClN6O/c26-21-14-29-25(32-23(21)20-13-28-22-4-2-1-3-19(20)22)31-18-11-9-17(10-12-18)30-24(33)15-5-7-16(27)8-6-15/h1-8,13-14,17-18,28H,9-12,27H2,(H,30,33)(H,29,31,32). The van der Waals surface area contributed by atoms with Gasteiger partial charge in [0.05, 0.1) is 16.9 Å². The number of hydrogen-bond donors (Lipinski definition) is 4. The highest BCUT2D eigenvalue weighted by Gasteiger charge is 2.24. The van der Waals surface area contributed by atoms with Crippen LogP contribution in [-0.2, 0) is 0 Å². The van der Waals surface area contributed by atoms with Crippen molar-refractivity contribution in [3.8, 4) is 11.3 Å². The normalized spacial score (nSPS) is 18.2. The summed E-state index contributed by atoms with van der Waals surface area (Å²) in [5.74, 6) is 0.504. The number of hydrogen-bond acceptors (Lipinski definition) is 5. The fourth-order valence-electron chi connectivity index (χ4n) is 4.36. The van der Waals surface area contributed by atoms with Gasteiger partial charge in [-0.3, -0.25) is 4.79 Å². The van der Waals surface area contributed by atoms with Gasteiger partial charge in [0.2, 0.25) is 5.95 Å². The Hall–Kier alpha value is -3.58. The number of rotatable bonds is 5. The highest BCUT2D eigenvalue weighted by Crippen LogP contribution is 2.32. The summed E-state index contributed by atoms with van der Waals surface area (Å²) in [6.07, 6.45) is 7.19. The average Bonchev–Trinajstić information content (AvgIpc) is 3.26. The smallest absolute Gasteiger partial charge is 0.251 e. The van der Waals surface area contributed by atoms with Crippen LogP contribution in [0.2, 0.25) is 5.02 Å². The van der Waals surface area contributed by atoms with Crippen LogP contribution in [0, 0.1) is 0 Å². The van der Waals surface area contributed by atoms with Gasteiger partial charge >= 0.3 is 0 Å². The molecule has 33 heavy (non-hydrogen) atoms. The number of para-hydroxylation sites is 1. The molecule has 0 spiro atoms. The first kappa shape index (κ1) is 21.3. The van der Waals surface area contributed by atoms with Gasteiger partial charge in [-0.05, 0) is 56.0 Å². The summed E-state index contributed by atoms with van der Waals surface area (Å²) in [5, 5.41) is 8.17. The van der Waals surface area contributed by atoms with E-state index in [1.807, 2.05) is 30.5 Å². The van der Waals surface area contributed by atoms with E-state index in [0.717, 1.165) is 42.1 Å². The van der Waals surface area contributed by atoms with E-state index in [2.05, 4.69) is 20.6 Å². The van der Waals surface area contributed by atoms with Crippen molar-refractivity contribution in [2.75, 3.05) is 11.1 Å². The highest BCUT2D eigenvalue weighted by molar-refractivity contribution is 6.33. The number of nitrogens with two attached hydrogens (primary N) is 1. The van der Waals surface area contributed by atoms with Crippen molar-refractivity contribution < 1.29 is 4.79 Å². The molecule has 2 aromatic carbocycles. The van der Waals surface area contributed by atoms with Gasteiger partial charge in [-0.25, -0.2) is 9.97 Å². The van der Waals surface area contributed by atoms with Gasteiger partial charge < -0.3 is 21.4 Å². The first-order valence-electron chi connectivity index (χ1n) is 11.1. The van der Waals surface area contributed by atoms with E-state index in [1.54, 1.807) is 30.5 Å². The topological polar surface area (TPSA) is 109 Å². The van der Waals surface area contributed by atoms with Gasteiger partial charge in [-0.2, -0.15) is 0 Å². The zero-order valence-corrected chi connectivity index (χ0v) is 18.8. The number of H-pyrrole nitrogens is 1. The minimum Gasteiger partial charge on any atom is -0.399 e. The maximum Gasteiger partial charge on any atom is 0.251 e. The molecule has 2 heterocycles. The quantitative estimate of drug-likeness (QED) is 0.313. The monoisotopic (exact) mass is 460 g/mol. The number of fused-ring (bicyclic) bond motifs is 1. The fourth-order valence-corrected chi connectivity index (χ4v) is 4.55. The van der Waals surface area contributed by atoms with Crippen molar-refractivity contribution in [1.29, 1.82) is 0 Å². The third-order valence-corrected chi connectivity index (χ3v) is 6.43. The lowest BCUT2D eigenvalue weighted by Crippen LogP contribution is -2.40. The minimum absolute atomic E-state index is 0.0594. The van der Waals surface area contributed by atoms with Crippen LogP contribution in [0.15, 0.2) is 60.9 Å². The van der Waals surface area contributed by atoms with Crippen LogP contribution in [0.25, 0.3) is 22.2 Å². The predicted octanol–water partition coefficient (Wildman–Crippen LogP) is 5.01. The van der Waals surface area contributed by atoms with Crippen molar-refractivity contribution in [3.63, 3.8) is 0 Å². The van der Waals surface area contributed by atoms with E-state index in [-0.39, 0.29) is 18.0 Å². The summed E-state index contributed by atoms with van der Waals surface area (Å²) >= 11 is 6.44. The van der Waals surface area contributed by atoms with Gasteiger partial charge in [0, 0.05) is 46.0 Å². The summed E-state index contributed by atoms with van der Waals surface area (Å²) in [6.45, 7) is 0. The Kier molecular flexibility index (Phi) is 5.88. The summed E-state index contributed by atoms with van der Waals surface area (Å²) in [5.41, 5.74) is 9.67. The SMILES string of the molecule is Nc1ccc(C(=O)NC2CCC(Nc3ncc(Cl)c(-c4c[nH]c5ccccc45)n3)CC2)cc1. The first-order chi connectivity index (χ1) is 16.1. The Morgan fingerprint density at radius 2 is 1.76 bits per heavy atom. The number of halogens is 1. The second kappa shape index (κ2) is 9.11. The summed E-state index contributed by atoms with van der Waals surface area (Å²) in [7, 11) is 0. The van der Waals surface area contributed by atoms with E-state index >= 15 is 0 Å². The Labute approximate surface area is 196 Å². The molecule has 0 unspecified atom stereocenters. The molecule has 1 saturated carbocycles. The van der Waals surface area contributed by atoms with Gasteiger partial charge in [0.25, 0.3) is 5.91 Å². The number of anilines is 2. The summed E-state index contributed by atoms with van der Waals surface area (Å²) in [4.78, 5) is 24.9. The maximum atomic E-state index is 12.5. The molecule has 0 aliphatic heterocycles. The molecule has 2 aromatic heterocycles. The third kappa shape index (κ3) is 4.64. The van der Waals surface area contributed by atoms with E-state index in [0.29, 0.717) is 27.9 Å². The predicted molar refractivity (Wildman–Crippen MR) is 132 cm³/mol. The van der Waals surface area contributed by atoms with Crippen molar-refractivity contribution in [2.45, 2.75) is 37.8 Å². The zero-order valence-electron chi connectivity index (χ0n) is 18.0. The lowest BCUT2D eigenvalue weighted by atomic mass is 9.91. The molecule has 8 heteroatoms. The molecular weight excluding hydrogens is 436 g/mol. The number of nitrogen functional groups attached to an aromatic ring is 1. The molecule has 168 valence electrons. The molecule has 1 fully saturated rings. The van der Waals surface area contributed by atoms with Gasteiger partial charge in [0.1, 0.15) is 0 Å². The number of aromatic nitrogens is 3. The van der Waals surface area contributed by atoms with E-state index in [4.69, 9.17) is 22.3 Å². The number of nitrogens with zero attached hydrogens (tertiary/aromatic N) is 2. The summed E-state index contributed by atoms with van der Waals surface area (Å²) < 4.78 is 0. The Morgan fingerprint density at radius 3 is 2.55 bits per heavy atom.